The molecule has 8 heteroatoms. The van der Waals surface area contributed by atoms with E-state index in [4.69, 9.17) is 9.68 Å². The van der Waals surface area contributed by atoms with Crippen LogP contribution in [0.1, 0.15) is 23.2 Å². The molecule has 2 aromatic rings. The van der Waals surface area contributed by atoms with Gasteiger partial charge < -0.3 is 14.6 Å². The summed E-state index contributed by atoms with van der Waals surface area (Å²) >= 11 is 0. The van der Waals surface area contributed by atoms with Crippen molar-refractivity contribution in [1.82, 2.24) is 15.7 Å². The summed E-state index contributed by atoms with van der Waals surface area (Å²) in [6, 6.07) is 11.3. The molecule has 146 valence electrons. The number of amides is 1. The van der Waals surface area contributed by atoms with E-state index < -0.39 is 5.82 Å². The van der Waals surface area contributed by atoms with Gasteiger partial charge in [0, 0.05) is 30.6 Å². The number of likely N-dealkylation sites (tertiary alicyclic amines) is 1. The Morgan fingerprint density at radius 3 is 2.75 bits per heavy atom. The number of carbonyl (C=O) groups excluding carboxylic acids is 1. The maximum absolute atomic E-state index is 13.3. The number of nitrogens with zero attached hydrogens (tertiary/aromatic N) is 2. The quantitative estimate of drug-likeness (QED) is 0.872. The first-order valence-corrected chi connectivity index (χ1v) is 9.00. The van der Waals surface area contributed by atoms with E-state index in [-0.39, 0.29) is 17.6 Å². The second-order valence-corrected chi connectivity index (χ2v) is 6.70. The van der Waals surface area contributed by atoms with Crippen LogP contribution in [0, 0.1) is 17.6 Å². The number of piperidine rings is 1. The van der Waals surface area contributed by atoms with Crippen molar-refractivity contribution in [2.24, 2.45) is 5.92 Å². The minimum atomic E-state index is -0.399. The normalized spacial score (nSPS) is 19.2. The van der Waals surface area contributed by atoms with Gasteiger partial charge in [0.25, 0.3) is 5.91 Å². The van der Waals surface area contributed by atoms with Gasteiger partial charge in [0.05, 0.1) is 0 Å². The Labute approximate surface area is 160 Å². The Morgan fingerprint density at radius 2 is 1.96 bits per heavy atom. The van der Waals surface area contributed by atoms with Crippen molar-refractivity contribution in [1.29, 1.82) is 0 Å². The van der Waals surface area contributed by atoms with E-state index in [0.717, 1.165) is 12.8 Å². The highest BCUT2D eigenvalue weighted by molar-refractivity contribution is 5.94. The van der Waals surface area contributed by atoms with E-state index in [1.807, 2.05) is 0 Å². The van der Waals surface area contributed by atoms with Crippen LogP contribution in [-0.4, -0.2) is 29.1 Å². The van der Waals surface area contributed by atoms with E-state index in [0.29, 0.717) is 30.2 Å². The molecule has 1 fully saturated rings. The van der Waals surface area contributed by atoms with Gasteiger partial charge in [0.2, 0.25) is 0 Å². The fourth-order valence-corrected chi connectivity index (χ4v) is 3.31. The molecule has 1 saturated heterocycles. The molecule has 0 aromatic heterocycles. The molecule has 2 heterocycles. The molecule has 0 spiro atoms. The summed E-state index contributed by atoms with van der Waals surface area (Å²) in [5, 5.41) is 1.25. The fraction of sp³-hybridized carbons (Fsp3) is 0.250. The third kappa shape index (κ3) is 4.07. The highest BCUT2D eigenvalue weighted by atomic mass is 19.1. The minimum Gasteiger partial charge on any atom is -0.389 e. The smallest absolute Gasteiger partial charge is 0.253 e. The summed E-state index contributed by atoms with van der Waals surface area (Å²) in [5.41, 5.74) is 3.06. The standard InChI is InChI=1S/C20H19F2N3O3/c21-16-8-6-14(7-9-16)20(26)24-10-2-3-15(12-24)19-13-25(23-27-19)28-18-5-1-4-17(22)11-18/h1,4-9,11,13,15,23H,2-3,10,12H2. The highest BCUT2D eigenvalue weighted by Crippen LogP contribution is 2.28. The van der Waals surface area contributed by atoms with Gasteiger partial charge in [-0.3, -0.25) is 4.79 Å². The topological polar surface area (TPSA) is 54.0 Å². The predicted molar refractivity (Wildman–Crippen MR) is 96.2 cm³/mol. The number of carbonyl (C=O) groups is 1. The molecule has 1 amide bonds. The SMILES string of the molecule is O=C(c1ccc(F)cc1)N1CCCC(C2=CN(Oc3cccc(F)c3)NO2)C1. The molecule has 0 bridgehead atoms. The monoisotopic (exact) mass is 387 g/mol. The number of hydrazine groups is 1. The maximum atomic E-state index is 13.3. The molecule has 2 aliphatic heterocycles. The van der Waals surface area contributed by atoms with E-state index in [1.54, 1.807) is 23.2 Å². The number of rotatable bonds is 4. The van der Waals surface area contributed by atoms with Crippen LogP contribution in [-0.2, 0) is 4.84 Å². The summed E-state index contributed by atoms with van der Waals surface area (Å²) in [6.45, 7) is 1.12. The number of benzene rings is 2. The van der Waals surface area contributed by atoms with Crippen molar-refractivity contribution in [2.75, 3.05) is 13.1 Å². The van der Waals surface area contributed by atoms with Crippen molar-refractivity contribution in [2.45, 2.75) is 12.8 Å². The Kier molecular flexibility index (Phi) is 5.12. The third-order valence-corrected chi connectivity index (χ3v) is 4.70. The van der Waals surface area contributed by atoms with Crippen LogP contribution >= 0.6 is 0 Å². The zero-order chi connectivity index (χ0) is 19.5. The summed E-state index contributed by atoms with van der Waals surface area (Å²) < 4.78 is 26.3. The summed E-state index contributed by atoms with van der Waals surface area (Å²) in [5.74, 6) is 0.0420. The van der Waals surface area contributed by atoms with Gasteiger partial charge in [0.15, 0.2) is 11.5 Å². The van der Waals surface area contributed by atoms with Gasteiger partial charge in [0.1, 0.15) is 17.8 Å². The Hall–Kier alpha value is -3.13. The lowest BCUT2D eigenvalue weighted by molar-refractivity contribution is -0.139. The van der Waals surface area contributed by atoms with Crippen LogP contribution in [0.5, 0.6) is 5.75 Å². The lowest BCUT2D eigenvalue weighted by Crippen LogP contribution is -2.40. The van der Waals surface area contributed by atoms with Crippen LogP contribution in [0.15, 0.2) is 60.5 Å². The molecule has 2 aliphatic rings. The fourth-order valence-electron chi connectivity index (χ4n) is 3.31. The minimum absolute atomic E-state index is 0.00763. The Balaban J connectivity index is 1.40. The molecule has 1 N–H and O–H groups in total. The van der Waals surface area contributed by atoms with Gasteiger partial charge >= 0.3 is 0 Å². The van der Waals surface area contributed by atoms with Gasteiger partial charge in [-0.25, -0.2) is 8.78 Å². The average Bonchev–Trinajstić information content (AvgIpc) is 3.17. The lowest BCUT2D eigenvalue weighted by Gasteiger charge is -2.32. The molecule has 1 unspecified atom stereocenters. The van der Waals surface area contributed by atoms with E-state index >= 15 is 0 Å². The molecule has 6 nitrogen and oxygen atoms in total. The number of halogens is 2. The van der Waals surface area contributed by atoms with Crippen molar-refractivity contribution in [3.05, 3.63) is 77.7 Å². The van der Waals surface area contributed by atoms with Gasteiger partial charge in [-0.05, 0) is 54.8 Å². The predicted octanol–water partition coefficient (Wildman–Crippen LogP) is 3.40. The Morgan fingerprint density at radius 1 is 1.14 bits per heavy atom. The van der Waals surface area contributed by atoms with Crippen molar-refractivity contribution >= 4 is 5.91 Å². The third-order valence-electron chi connectivity index (χ3n) is 4.70. The zero-order valence-electron chi connectivity index (χ0n) is 15.0. The lowest BCUT2D eigenvalue weighted by atomic mass is 9.95. The first-order chi connectivity index (χ1) is 13.6. The molecule has 2 aromatic carbocycles. The number of hydrogen-bond donors (Lipinski definition) is 1. The number of nitrogens with one attached hydrogen (secondary N) is 1. The molecular formula is C20H19F2N3O3. The highest BCUT2D eigenvalue weighted by Gasteiger charge is 2.31. The molecule has 0 radical (unpaired) electrons. The van der Waals surface area contributed by atoms with Crippen LogP contribution in [0.25, 0.3) is 0 Å². The van der Waals surface area contributed by atoms with Crippen molar-refractivity contribution < 1.29 is 23.3 Å². The van der Waals surface area contributed by atoms with Crippen LogP contribution in [0.3, 0.4) is 0 Å². The first-order valence-electron chi connectivity index (χ1n) is 9.00. The van der Waals surface area contributed by atoms with E-state index in [1.165, 1.54) is 41.6 Å². The largest absolute Gasteiger partial charge is 0.389 e. The molecular weight excluding hydrogens is 368 g/mol. The first kappa shape index (κ1) is 18.2. The summed E-state index contributed by atoms with van der Waals surface area (Å²) in [6.07, 6.45) is 3.32. The van der Waals surface area contributed by atoms with Gasteiger partial charge in [-0.15, -0.1) is 5.17 Å². The molecule has 4 rings (SSSR count). The van der Waals surface area contributed by atoms with Gasteiger partial charge in [-0.2, -0.15) is 0 Å². The van der Waals surface area contributed by atoms with Crippen molar-refractivity contribution in [3.8, 4) is 5.75 Å². The Bertz CT molecular complexity index is 889. The second kappa shape index (κ2) is 7.85. The molecule has 28 heavy (non-hydrogen) atoms. The van der Waals surface area contributed by atoms with Gasteiger partial charge in [-0.1, -0.05) is 6.07 Å². The van der Waals surface area contributed by atoms with Crippen LogP contribution in [0.4, 0.5) is 8.78 Å². The zero-order valence-corrected chi connectivity index (χ0v) is 15.0. The average molecular weight is 387 g/mol. The van der Waals surface area contributed by atoms with E-state index in [9.17, 15) is 13.6 Å². The number of hydrogen-bond acceptors (Lipinski definition) is 5. The van der Waals surface area contributed by atoms with Crippen LogP contribution in [0.2, 0.25) is 0 Å². The molecule has 0 saturated carbocycles. The maximum Gasteiger partial charge on any atom is 0.253 e. The van der Waals surface area contributed by atoms with Crippen molar-refractivity contribution in [3.63, 3.8) is 0 Å². The van der Waals surface area contributed by atoms with Crippen LogP contribution < -0.4 is 10.4 Å². The van der Waals surface area contributed by atoms with E-state index in [2.05, 4.69) is 5.59 Å². The molecule has 0 aliphatic carbocycles. The summed E-state index contributed by atoms with van der Waals surface area (Å²) in [7, 11) is 0. The molecule has 1 atom stereocenters. The summed E-state index contributed by atoms with van der Waals surface area (Å²) in [4.78, 5) is 25.4. The number of hydroxylamine groups is 1. The second-order valence-electron chi connectivity index (χ2n) is 6.70.